The fraction of sp³-hybridized carbons (Fsp3) is 0.300. The molecule has 68 valence electrons. The van der Waals surface area contributed by atoms with Crippen molar-refractivity contribution >= 4 is 15.9 Å². The van der Waals surface area contributed by atoms with Crippen LogP contribution in [0.4, 0.5) is 0 Å². The van der Waals surface area contributed by atoms with Gasteiger partial charge in [-0.3, -0.25) is 4.90 Å². The Kier molecular flexibility index (Phi) is 3.47. The summed E-state index contributed by atoms with van der Waals surface area (Å²) in [5.41, 5.74) is 1.01. The van der Waals surface area contributed by atoms with Crippen LogP contribution < -0.4 is 0 Å². The quantitative estimate of drug-likeness (QED) is 0.793. The summed E-state index contributed by atoms with van der Waals surface area (Å²) in [7, 11) is 3.79. The van der Waals surface area contributed by atoms with Gasteiger partial charge in [-0.25, -0.2) is 0 Å². The van der Waals surface area contributed by atoms with Gasteiger partial charge in [-0.2, -0.15) is 5.26 Å². The summed E-state index contributed by atoms with van der Waals surface area (Å²) in [5.74, 6) is 0. The number of hydrogen-bond acceptors (Lipinski definition) is 2. The van der Waals surface area contributed by atoms with Crippen LogP contribution in [0.3, 0.4) is 0 Å². The normalized spacial score (nSPS) is 12.5. The smallest absolute Gasteiger partial charge is 0.124 e. The van der Waals surface area contributed by atoms with Crippen molar-refractivity contribution in [2.45, 2.75) is 6.04 Å². The van der Waals surface area contributed by atoms with Crippen molar-refractivity contribution in [2.75, 3.05) is 14.1 Å². The maximum Gasteiger partial charge on any atom is 0.124 e. The molecule has 0 saturated carbocycles. The average Bonchev–Trinajstić information content (AvgIpc) is 2.09. The molecule has 0 bridgehead atoms. The van der Waals surface area contributed by atoms with Gasteiger partial charge in [-0.1, -0.05) is 34.1 Å². The Bertz CT molecular complexity index is 328. The summed E-state index contributed by atoms with van der Waals surface area (Å²) in [4.78, 5) is 1.89. The monoisotopic (exact) mass is 238 g/mol. The van der Waals surface area contributed by atoms with Gasteiger partial charge in [0, 0.05) is 4.47 Å². The van der Waals surface area contributed by atoms with Crippen molar-refractivity contribution in [1.29, 1.82) is 5.26 Å². The molecule has 1 aromatic rings. The van der Waals surface area contributed by atoms with Crippen LogP contribution in [0.5, 0.6) is 0 Å². The second-order valence-electron chi connectivity index (χ2n) is 3.02. The minimum atomic E-state index is -0.185. The molecule has 3 heteroatoms. The van der Waals surface area contributed by atoms with E-state index >= 15 is 0 Å². The third-order valence-corrected chi connectivity index (χ3v) is 2.56. The van der Waals surface area contributed by atoms with Gasteiger partial charge in [-0.15, -0.1) is 0 Å². The van der Waals surface area contributed by atoms with E-state index in [1.807, 2.05) is 43.3 Å². The molecule has 1 unspecified atom stereocenters. The Labute approximate surface area is 86.9 Å². The van der Waals surface area contributed by atoms with E-state index in [9.17, 15) is 0 Å². The molecule has 0 spiro atoms. The molecule has 0 aliphatic heterocycles. The highest BCUT2D eigenvalue weighted by Crippen LogP contribution is 2.25. The first-order valence-corrected chi connectivity index (χ1v) is 4.76. The summed E-state index contributed by atoms with van der Waals surface area (Å²) in [6.07, 6.45) is 0. The van der Waals surface area contributed by atoms with E-state index in [1.54, 1.807) is 0 Å². The largest absolute Gasteiger partial charge is 0.290 e. The number of hydrogen-bond donors (Lipinski definition) is 0. The van der Waals surface area contributed by atoms with E-state index in [0.717, 1.165) is 10.0 Å². The lowest BCUT2D eigenvalue weighted by Gasteiger charge is -2.18. The summed E-state index contributed by atoms with van der Waals surface area (Å²) in [5, 5.41) is 8.96. The van der Waals surface area contributed by atoms with E-state index in [4.69, 9.17) is 5.26 Å². The van der Waals surface area contributed by atoms with Crippen LogP contribution in [0.1, 0.15) is 11.6 Å². The van der Waals surface area contributed by atoms with Crippen molar-refractivity contribution in [3.63, 3.8) is 0 Å². The Morgan fingerprint density at radius 3 is 2.46 bits per heavy atom. The van der Waals surface area contributed by atoms with E-state index in [0.29, 0.717) is 0 Å². The molecule has 0 heterocycles. The van der Waals surface area contributed by atoms with Crippen molar-refractivity contribution in [2.24, 2.45) is 0 Å². The minimum absolute atomic E-state index is 0.185. The minimum Gasteiger partial charge on any atom is -0.290 e. The third-order valence-electron chi connectivity index (χ3n) is 1.84. The highest BCUT2D eigenvalue weighted by atomic mass is 79.9. The van der Waals surface area contributed by atoms with Gasteiger partial charge in [0.1, 0.15) is 6.04 Å². The van der Waals surface area contributed by atoms with Crippen LogP contribution in [-0.2, 0) is 0 Å². The Morgan fingerprint density at radius 1 is 1.38 bits per heavy atom. The van der Waals surface area contributed by atoms with Crippen molar-refractivity contribution in [3.05, 3.63) is 34.3 Å². The lowest BCUT2D eigenvalue weighted by Crippen LogP contribution is -2.18. The lowest BCUT2D eigenvalue weighted by atomic mass is 10.1. The predicted molar refractivity (Wildman–Crippen MR) is 56.2 cm³/mol. The lowest BCUT2D eigenvalue weighted by molar-refractivity contribution is 0.357. The van der Waals surface area contributed by atoms with Gasteiger partial charge in [0.05, 0.1) is 6.07 Å². The summed E-state index contributed by atoms with van der Waals surface area (Å²) in [6, 6.07) is 9.85. The van der Waals surface area contributed by atoms with Crippen molar-refractivity contribution < 1.29 is 0 Å². The van der Waals surface area contributed by atoms with E-state index < -0.39 is 0 Å². The van der Waals surface area contributed by atoms with Crippen molar-refractivity contribution in [3.8, 4) is 6.07 Å². The zero-order chi connectivity index (χ0) is 9.84. The van der Waals surface area contributed by atoms with E-state index in [2.05, 4.69) is 22.0 Å². The number of nitriles is 1. The van der Waals surface area contributed by atoms with Crippen LogP contribution in [0.15, 0.2) is 28.7 Å². The average molecular weight is 239 g/mol. The molecule has 0 fully saturated rings. The first kappa shape index (κ1) is 10.2. The van der Waals surface area contributed by atoms with Gasteiger partial charge in [0.15, 0.2) is 0 Å². The van der Waals surface area contributed by atoms with Gasteiger partial charge in [-0.05, 0) is 25.7 Å². The molecule has 0 aromatic heterocycles. The molecular weight excluding hydrogens is 228 g/mol. The molecule has 1 atom stereocenters. The Balaban J connectivity index is 3.07. The molecule has 1 aromatic carbocycles. The molecule has 0 aliphatic rings. The summed E-state index contributed by atoms with van der Waals surface area (Å²) >= 11 is 3.43. The fourth-order valence-corrected chi connectivity index (χ4v) is 1.66. The Morgan fingerprint density at radius 2 is 2.00 bits per heavy atom. The molecular formula is C10H11BrN2. The second-order valence-corrected chi connectivity index (χ2v) is 3.87. The first-order valence-electron chi connectivity index (χ1n) is 3.97. The second kappa shape index (κ2) is 4.40. The number of benzene rings is 1. The SMILES string of the molecule is CN(C)C(C#N)c1ccccc1Br. The molecule has 13 heavy (non-hydrogen) atoms. The van der Waals surface area contributed by atoms with E-state index in [1.165, 1.54) is 0 Å². The summed E-state index contributed by atoms with van der Waals surface area (Å²) in [6.45, 7) is 0. The van der Waals surface area contributed by atoms with Crippen LogP contribution in [-0.4, -0.2) is 19.0 Å². The number of halogens is 1. The third kappa shape index (κ3) is 2.30. The first-order chi connectivity index (χ1) is 6.16. The summed E-state index contributed by atoms with van der Waals surface area (Å²) < 4.78 is 0.982. The van der Waals surface area contributed by atoms with Gasteiger partial charge >= 0.3 is 0 Å². The number of rotatable bonds is 2. The maximum absolute atomic E-state index is 8.96. The number of nitrogens with zero attached hydrogens (tertiary/aromatic N) is 2. The van der Waals surface area contributed by atoms with Gasteiger partial charge in [0.25, 0.3) is 0 Å². The maximum atomic E-state index is 8.96. The fourth-order valence-electron chi connectivity index (χ4n) is 1.16. The van der Waals surface area contributed by atoms with Crippen LogP contribution >= 0.6 is 15.9 Å². The molecule has 0 saturated heterocycles. The van der Waals surface area contributed by atoms with Crippen LogP contribution in [0.2, 0.25) is 0 Å². The molecule has 2 nitrogen and oxygen atoms in total. The van der Waals surface area contributed by atoms with Gasteiger partial charge in [0.2, 0.25) is 0 Å². The standard InChI is InChI=1S/C10H11BrN2/c1-13(2)10(7-12)8-5-3-4-6-9(8)11/h3-6,10H,1-2H3. The molecule has 0 radical (unpaired) electrons. The van der Waals surface area contributed by atoms with E-state index in [-0.39, 0.29) is 6.04 Å². The molecule has 0 amide bonds. The molecule has 0 aliphatic carbocycles. The zero-order valence-corrected chi connectivity index (χ0v) is 9.25. The van der Waals surface area contributed by atoms with Gasteiger partial charge < -0.3 is 0 Å². The van der Waals surface area contributed by atoms with Crippen molar-refractivity contribution in [1.82, 2.24) is 4.90 Å². The van der Waals surface area contributed by atoms with Crippen LogP contribution in [0.25, 0.3) is 0 Å². The predicted octanol–water partition coefficient (Wildman–Crippen LogP) is 2.58. The van der Waals surface area contributed by atoms with Crippen LogP contribution in [0, 0.1) is 11.3 Å². The Hall–Kier alpha value is -0.850. The molecule has 0 N–H and O–H groups in total. The highest BCUT2D eigenvalue weighted by molar-refractivity contribution is 9.10. The topological polar surface area (TPSA) is 27.0 Å². The zero-order valence-electron chi connectivity index (χ0n) is 7.66. The highest BCUT2D eigenvalue weighted by Gasteiger charge is 2.14. The molecule has 1 rings (SSSR count).